The van der Waals surface area contributed by atoms with Gasteiger partial charge in [0.05, 0.1) is 13.7 Å². The van der Waals surface area contributed by atoms with Gasteiger partial charge in [0.15, 0.2) is 0 Å². The third-order valence-corrected chi connectivity index (χ3v) is 2.88. The maximum absolute atomic E-state index is 12.4. The summed E-state index contributed by atoms with van der Waals surface area (Å²) in [7, 11) is 2.90. The van der Waals surface area contributed by atoms with Crippen LogP contribution >= 0.6 is 0 Å². The molecule has 1 atom stereocenters. The van der Waals surface area contributed by atoms with Crippen LogP contribution in [0.25, 0.3) is 0 Å². The molecule has 0 saturated carbocycles. The van der Waals surface area contributed by atoms with Gasteiger partial charge in [0.2, 0.25) is 5.88 Å². The summed E-state index contributed by atoms with van der Waals surface area (Å²) >= 11 is 0. The summed E-state index contributed by atoms with van der Waals surface area (Å²) in [6.45, 7) is 1.70. The largest absolute Gasteiger partial charge is 0.479 e. The van der Waals surface area contributed by atoms with Crippen LogP contribution in [-0.4, -0.2) is 43.3 Å². The van der Waals surface area contributed by atoms with E-state index >= 15 is 0 Å². The summed E-state index contributed by atoms with van der Waals surface area (Å²) in [5.41, 5.74) is -0.764. The maximum Gasteiger partial charge on any atom is 0.329 e. The predicted molar refractivity (Wildman–Crippen MR) is 67.1 cm³/mol. The Morgan fingerprint density at radius 3 is 2.79 bits per heavy atom. The molecule has 3 amide bonds. The van der Waals surface area contributed by atoms with E-state index in [4.69, 9.17) is 9.47 Å². The number of hydrogen-bond acceptors (Lipinski definition) is 5. The lowest BCUT2D eigenvalue weighted by Crippen LogP contribution is -2.47. The Hall–Kier alpha value is -2.15. The van der Waals surface area contributed by atoms with Crippen molar-refractivity contribution in [1.29, 1.82) is 0 Å². The van der Waals surface area contributed by atoms with Crippen LogP contribution in [0.5, 0.6) is 5.88 Å². The van der Waals surface area contributed by atoms with E-state index in [-0.39, 0.29) is 12.5 Å². The molecule has 0 aliphatic carbocycles. The van der Waals surface area contributed by atoms with E-state index in [1.165, 1.54) is 20.4 Å². The molecule has 7 heteroatoms. The first-order chi connectivity index (χ1) is 9.03. The smallest absolute Gasteiger partial charge is 0.329 e. The summed E-state index contributed by atoms with van der Waals surface area (Å²) in [4.78, 5) is 29.4. The van der Waals surface area contributed by atoms with Crippen molar-refractivity contribution in [3.05, 3.63) is 18.3 Å². The van der Waals surface area contributed by atoms with E-state index in [2.05, 4.69) is 10.3 Å². The van der Waals surface area contributed by atoms with Gasteiger partial charge in [0.25, 0.3) is 5.91 Å². The number of pyridine rings is 1. The summed E-state index contributed by atoms with van der Waals surface area (Å²) in [5, 5.41) is 2.61. The molecule has 1 aliphatic heterocycles. The number of nitrogens with zero attached hydrogens (tertiary/aromatic N) is 2. The first-order valence-corrected chi connectivity index (χ1v) is 5.68. The highest BCUT2D eigenvalue weighted by Gasteiger charge is 2.49. The lowest BCUT2D eigenvalue weighted by atomic mass is 10.0. The standard InChI is InChI=1S/C12H15N3O4/c1-12(7-18-2)10(16)15(11(17)14-12)8-5-4-6-13-9(8)19-3/h4-6H,7H2,1-3H3,(H,14,17). The van der Waals surface area contributed by atoms with Crippen LogP contribution in [0.4, 0.5) is 10.5 Å². The minimum absolute atomic E-state index is 0.0939. The molecule has 1 unspecified atom stereocenters. The monoisotopic (exact) mass is 265 g/mol. The number of nitrogens with one attached hydrogen (secondary N) is 1. The first-order valence-electron chi connectivity index (χ1n) is 5.68. The number of carbonyl (C=O) groups excluding carboxylic acids is 2. The normalized spacial score (nSPS) is 22.6. The van der Waals surface area contributed by atoms with E-state index in [0.29, 0.717) is 5.69 Å². The Balaban J connectivity index is 2.41. The number of carbonyl (C=O) groups is 2. The van der Waals surface area contributed by atoms with Crippen molar-refractivity contribution in [2.24, 2.45) is 0 Å². The quantitative estimate of drug-likeness (QED) is 0.804. The van der Waals surface area contributed by atoms with E-state index < -0.39 is 17.5 Å². The molecular weight excluding hydrogens is 250 g/mol. The van der Waals surface area contributed by atoms with Crippen molar-refractivity contribution in [1.82, 2.24) is 10.3 Å². The predicted octanol–water partition coefficient (Wildman–Crippen LogP) is 0.551. The summed E-state index contributed by atoms with van der Waals surface area (Å²) in [6, 6.07) is 2.71. The fourth-order valence-electron chi connectivity index (χ4n) is 2.00. The molecule has 102 valence electrons. The molecule has 0 radical (unpaired) electrons. The van der Waals surface area contributed by atoms with Crippen molar-refractivity contribution >= 4 is 17.6 Å². The zero-order valence-corrected chi connectivity index (χ0v) is 11.0. The Bertz CT molecular complexity index is 519. The molecule has 1 aliphatic rings. The van der Waals surface area contributed by atoms with Crippen LogP contribution < -0.4 is 15.0 Å². The van der Waals surface area contributed by atoms with Gasteiger partial charge >= 0.3 is 6.03 Å². The van der Waals surface area contributed by atoms with Gasteiger partial charge < -0.3 is 14.8 Å². The minimum atomic E-state index is -1.08. The molecule has 1 N–H and O–H groups in total. The van der Waals surface area contributed by atoms with Gasteiger partial charge in [0, 0.05) is 13.3 Å². The van der Waals surface area contributed by atoms with Gasteiger partial charge in [-0.25, -0.2) is 14.7 Å². The van der Waals surface area contributed by atoms with E-state index in [9.17, 15) is 9.59 Å². The number of ether oxygens (including phenoxy) is 2. The molecule has 0 aromatic carbocycles. The van der Waals surface area contributed by atoms with Crippen LogP contribution in [0.3, 0.4) is 0 Å². The second kappa shape index (κ2) is 4.85. The number of methoxy groups -OCH3 is 2. The Morgan fingerprint density at radius 2 is 2.16 bits per heavy atom. The number of urea groups is 1. The molecule has 7 nitrogen and oxygen atoms in total. The molecule has 1 aromatic heterocycles. The van der Waals surface area contributed by atoms with Crippen molar-refractivity contribution in [3.8, 4) is 5.88 Å². The Kier molecular flexibility index (Phi) is 3.39. The molecule has 1 fully saturated rings. The van der Waals surface area contributed by atoms with Crippen LogP contribution in [0.15, 0.2) is 18.3 Å². The van der Waals surface area contributed by atoms with E-state index in [0.717, 1.165) is 4.90 Å². The number of aromatic nitrogens is 1. The molecule has 0 bridgehead atoms. The second-order valence-electron chi connectivity index (χ2n) is 4.37. The summed E-state index contributed by atoms with van der Waals surface area (Å²) < 4.78 is 10.0. The molecule has 19 heavy (non-hydrogen) atoms. The highest BCUT2D eigenvalue weighted by atomic mass is 16.5. The zero-order valence-electron chi connectivity index (χ0n) is 11.0. The SMILES string of the molecule is COCC1(C)NC(=O)N(c2cccnc2OC)C1=O. The third-order valence-electron chi connectivity index (χ3n) is 2.88. The Morgan fingerprint density at radius 1 is 1.42 bits per heavy atom. The van der Waals surface area contributed by atoms with Crippen molar-refractivity contribution in [2.45, 2.75) is 12.5 Å². The van der Waals surface area contributed by atoms with E-state index in [1.807, 2.05) is 0 Å². The fraction of sp³-hybridized carbons (Fsp3) is 0.417. The number of amides is 3. The van der Waals surface area contributed by atoms with Crippen LogP contribution in [-0.2, 0) is 9.53 Å². The maximum atomic E-state index is 12.4. The lowest BCUT2D eigenvalue weighted by Gasteiger charge is -2.20. The second-order valence-corrected chi connectivity index (χ2v) is 4.37. The number of imide groups is 1. The average molecular weight is 265 g/mol. The number of rotatable bonds is 4. The number of hydrogen-bond donors (Lipinski definition) is 1. The summed E-state index contributed by atoms with van der Waals surface area (Å²) in [5.74, 6) is -0.182. The molecule has 0 spiro atoms. The van der Waals surface area contributed by atoms with Crippen molar-refractivity contribution in [3.63, 3.8) is 0 Å². The van der Waals surface area contributed by atoms with Crippen molar-refractivity contribution < 1.29 is 19.1 Å². The number of anilines is 1. The van der Waals surface area contributed by atoms with Gasteiger partial charge in [-0.3, -0.25) is 4.79 Å². The molecule has 1 saturated heterocycles. The average Bonchev–Trinajstić information content (AvgIpc) is 2.60. The molecule has 2 heterocycles. The zero-order chi connectivity index (χ0) is 14.0. The van der Waals surface area contributed by atoms with Gasteiger partial charge in [-0.15, -0.1) is 0 Å². The minimum Gasteiger partial charge on any atom is -0.479 e. The lowest BCUT2D eigenvalue weighted by molar-refractivity contribution is -0.123. The van der Waals surface area contributed by atoms with Gasteiger partial charge in [-0.1, -0.05) is 0 Å². The van der Waals surface area contributed by atoms with Gasteiger partial charge in [-0.05, 0) is 19.1 Å². The van der Waals surface area contributed by atoms with Gasteiger partial charge in [0.1, 0.15) is 11.2 Å². The highest BCUT2D eigenvalue weighted by Crippen LogP contribution is 2.30. The van der Waals surface area contributed by atoms with Gasteiger partial charge in [-0.2, -0.15) is 0 Å². The van der Waals surface area contributed by atoms with Crippen LogP contribution in [0.1, 0.15) is 6.92 Å². The topological polar surface area (TPSA) is 80.8 Å². The molecule has 1 aromatic rings. The fourth-order valence-corrected chi connectivity index (χ4v) is 2.00. The van der Waals surface area contributed by atoms with Crippen molar-refractivity contribution in [2.75, 3.05) is 25.7 Å². The molecular formula is C12H15N3O4. The first kappa shape index (κ1) is 13.3. The van der Waals surface area contributed by atoms with Crippen LogP contribution in [0.2, 0.25) is 0 Å². The Labute approximate surface area is 110 Å². The summed E-state index contributed by atoms with van der Waals surface area (Å²) in [6.07, 6.45) is 1.52. The van der Waals surface area contributed by atoms with Crippen LogP contribution in [0, 0.1) is 0 Å². The van der Waals surface area contributed by atoms with E-state index in [1.54, 1.807) is 19.1 Å². The highest BCUT2D eigenvalue weighted by molar-refractivity contribution is 6.23. The third kappa shape index (κ3) is 2.12. The molecule has 2 rings (SSSR count).